The van der Waals surface area contributed by atoms with E-state index in [0.717, 1.165) is 49.9 Å². The first-order chi connectivity index (χ1) is 13.6. The van der Waals surface area contributed by atoms with Crippen LogP contribution >= 0.6 is 0 Å². The van der Waals surface area contributed by atoms with Crippen molar-refractivity contribution in [1.29, 1.82) is 0 Å². The van der Waals surface area contributed by atoms with E-state index in [-0.39, 0.29) is 11.9 Å². The predicted molar refractivity (Wildman–Crippen MR) is 108 cm³/mol. The van der Waals surface area contributed by atoms with Crippen molar-refractivity contribution >= 4 is 0 Å². The minimum atomic E-state index is -0.166. The summed E-state index contributed by atoms with van der Waals surface area (Å²) in [5.74, 6) is 1.29. The van der Waals surface area contributed by atoms with Crippen LogP contribution in [0, 0.1) is 12.7 Å². The summed E-state index contributed by atoms with van der Waals surface area (Å²) < 4.78 is 29.9. The number of benzene rings is 2. The zero-order valence-corrected chi connectivity index (χ0v) is 16.8. The normalized spacial score (nSPS) is 16.0. The Balaban J connectivity index is 1.74. The number of hydrogen-bond donors (Lipinski definition) is 1. The third-order valence-electron chi connectivity index (χ3n) is 5.17. The van der Waals surface area contributed by atoms with E-state index in [9.17, 15) is 4.39 Å². The number of methoxy groups -OCH3 is 2. The molecule has 0 aliphatic carbocycles. The molecule has 0 bridgehead atoms. The summed E-state index contributed by atoms with van der Waals surface area (Å²) >= 11 is 0. The fraction of sp³-hybridized carbons (Fsp3) is 0.455. The first-order valence-electron chi connectivity index (χ1n) is 9.62. The summed E-state index contributed by atoms with van der Waals surface area (Å²) in [5, 5.41) is 3.53. The maximum Gasteiger partial charge on any atom is 0.161 e. The summed E-state index contributed by atoms with van der Waals surface area (Å²) in [5.41, 5.74) is 2.91. The average Bonchev–Trinajstić information content (AvgIpc) is 2.74. The molecule has 0 aromatic heterocycles. The summed E-state index contributed by atoms with van der Waals surface area (Å²) in [4.78, 5) is 2.42. The Kier molecular flexibility index (Phi) is 7.25. The number of aryl methyl sites for hydroxylation is 1. The van der Waals surface area contributed by atoms with Gasteiger partial charge in [-0.15, -0.1) is 0 Å². The number of ether oxygens (including phenoxy) is 3. The third kappa shape index (κ3) is 5.01. The molecule has 1 heterocycles. The van der Waals surface area contributed by atoms with Gasteiger partial charge in [0, 0.05) is 32.2 Å². The van der Waals surface area contributed by atoms with E-state index in [0.29, 0.717) is 12.1 Å². The lowest BCUT2D eigenvalue weighted by Gasteiger charge is -2.35. The van der Waals surface area contributed by atoms with E-state index in [4.69, 9.17) is 14.2 Å². The molecule has 1 fully saturated rings. The smallest absolute Gasteiger partial charge is 0.161 e. The van der Waals surface area contributed by atoms with Crippen LogP contribution in [0.5, 0.6) is 11.5 Å². The summed E-state index contributed by atoms with van der Waals surface area (Å²) in [6, 6.07) is 11.5. The third-order valence-corrected chi connectivity index (χ3v) is 5.17. The van der Waals surface area contributed by atoms with Crippen LogP contribution in [0.25, 0.3) is 0 Å². The van der Waals surface area contributed by atoms with Crippen molar-refractivity contribution < 1.29 is 18.6 Å². The first kappa shape index (κ1) is 20.6. The van der Waals surface area contributed by atoms with E-state index in [2.05, 4.69) is 16.3 Å². The Morgan fingerprint density at radius 1 is 1.07 bits per heavy atom. The molecule has 1 aliphatic heterocycles. The van der Waals surface area contributed by atoms with Crippen LogP contribution in [-0.4, -0.2) is 52.0 Å². The molecule has 0 amide bonds. The molecule has 6 heteroatoms. The van der Waals surface area contributed by atoms with Crippen molar-refractivity contribution in [3.05, 3.63) is 58.9 Å². The summed E-state index contributed by atoms with van der Waals surface area (Å²) in [7, 11) is 3.30. The number of halogens is 1. The Bertz CT molecular complexity index is 778. The number of morpholine rings is 1. The van der Waals surface area contributed by atoms with Gasteiger partial charge in [0.15, 0.2) is 11.5 Å². The standard InChI is InChI=1S/C22H29FN2O3/c1-16-12-17(4-6-19(16)23)14-24-15-20(25-8-10-28-11-9-25)18-5-7-21(26-2)22(13-18)27-3/h4-7,12-13,20,24H,8-11,14-15H2,1-3H3. The zero-order valence-electron chi connectivity index (χ0n) is 16.8. The van der Waals surface area contributed by atoms with E-state index in [1.54, 1.807) is 21.1 Å². The second-order valence-corrected chi connectivity index (χ2v) is 6.99. The average molecular weight is 388 g/mol. The van der Waals surface area contributed by atoms with Crippen LogP contribution < -0.4 is 14.8 Å². The van der Waals surface area contributed by atoms with Crippen molar-refractivity contribution in [3.8, 4) is 11.5 Å². The van der Waals surface area contributed by atoms with E-state index in [1.807, 2.05) is 24.3 Å². The molecule has 2 aromatic carbocycles. The molecule has 0 spiro atoms. The molecule has 1 saturated heterocycles. The predicted octanol–water partition coefficient (Wildman–Crippen LogP) is 3.31. The van der Waals surface area contributed by atoms with Crippen molar-refractivity contribution in [2.45, 2.75) is 19.5 Å². The van der Waals surface area contributed by atoms with Crippen molar-refractivity contribution in [3.63, 3.8) is 0 Å². The van der Waals surface area contributed by atoms with Crippen LogP contribution in [0.2, 0.25) is 0 Å². The van der Waals surface area contributed by atoms with Crippen molar-refractivity contribution in [2.75, 3.05) is 47.1 Å². The molecular weight excluding hydrogens is 359 g/mol. The molecule has 1 aliphatic rings. The summed E-state index contributed by atoms with van der Waals surface area (Å²) in [6.07, 6.45) is 0. The lowest BCUT2D eigenvalue weighted by Crippen LogP contribution is -2.42. The molecule has 5 nitrogen and oxygen atoms in total. The Labute approximate surface area is 166 Å². The van der Waals surface area contributed by atoms with Crippen molar-refractivity contribution in [2.24, 2.45) is 0 Å². The molecule has 0 radical (unpaired) electrons. The molecule has 1 N–H and O–H groups in total. The maximum absolute atomic E-state index is 13.5. The molecule has 152 valence electrons. The van der Waals surface area contributed by atoms with Crippen LogP contribution in [0.4, 0.5) is 4.39 Å². The van der Waals surface area contributed by atoms with E-state index < -0.39 is 0 Å². The highest BCUT2D eigenvalue weighted by Gasteiger charge is 2.23. The fourth-order valence-electron chi connectivity index (χ4n) is 3.58. The Hall–Kier alpha value is -2.15. The highest BCUT2D eigenvalue weighted by molar-refractivity contribution is 5.44. The second-order valence-electron chi connectivity index (χ2n) is 6.99. The molecule has 3 rings (SSSR count). The lowest BCUT2D eigenvalue weighted by molar-refractivity contribution is 0.0160. The highest BCUT2D eigenvalue weighted by atomic mass is 19.1. The number of rotatable bonds is 8. The van der Waals surface area contributed by atoms with Crippen LogP contribution in [0.15, 0.2) is 36.4 Å². The van der Waals surface area contributed by atoms with Gasteiger partial charge in [0.05, 0.1) is 27.4 Å². The van der Waals surface area contributed by atoms with Crippen LogP contribution in [0.1, 0.15) is 22.7 Å². The summed E-state index contributed by atoms with van der Waals surface area (Å²) in [6.45, 7) is 6.49. The molecule has 28 heavy (non-hydrogen) atoms. The molecule has 2 aromatic rings. The quantitative estimate of drug-likeness (QED) is 0.752. The van der Waals surface area contributed by atoms with Gasteiger partial charge >= 0.3 is 0 Å². The van der Waals surface area contributed by atoms with Gasteiger partial charge in [0.1, 0.15) is 5.82 Å². The second kappa shape index (κ2) is 9.87. The minimum absolute atomic E-state index is 0.166. The van der Waals surface area contributed by atoms with Gasteiger partial charge in [-0.05, 0) is 41.8 Å². The van der Waals surface area contributed by atoms with Gasteiger partial charge in [0.25, 0.3) is 0 Å². The van der Waals surface area contributed by atoms with Gasteiger partial charge in [0.2, 0.25) is 0 Å². The zero-order chi connectivity index (χ0) is 19.9. The largest absolute Gasteiger partial charge is 0.493 e. The fourth-order valence-corrected chi connectivity index (χ4v) is 3.58. The van der Waals surface area contributed by atoms with Crippen molar-refractivity contribution in [1.82, 2.24) is 10.2 Å². The van der Waals surface area contributed by atoms with E-state index >= 15 is 0 Å². The van der Waals surface area contributed by atoms with E-state index in [1.165, 1.54) is 11.6 Å². The van der Waals surface area contributed by atoms with Gasteiger partial charge in [-0.1, -0.05) is 18.2 Å². The number of nitrogens with one attached hydrogen (secondary N) is 1. The van der Waals surface area contributed by atoms with Gasteiger partial charge in [-0.25, -0.2) is 4.39 Å². The maximum atomic E-state index is 13.5. The Morgan fingerprint density at radius 2 is 1.82 bits per heavy atom. The number of hydrogen-bond acceptors (Lipinski definition) is 5. The lowest BCUT2D eigenvalue weighted by atomic mass is 10.0. The topological polar surface area (TPSA) is 43.0 Å². The molecule has 1 atom stereocenters. The SMILES string of the molecule is COc1ccc(C(CNCc2ccc(F)c(C)c2)N2CCOCC2)cc1OC. The van der Waals surface area contributed by atoms with Crippen LogP contribution in [0.3, 0.4) is 0 Å². The number of nitrogens with zero attached hydrogens (tertiary/aromatic N) is 1. The first-order valence-corrected chi connectivity index (χ1v) is 9.62. The molecule has 1 unspecified atom stereocenters. The van der Waals surface area contributed by atoms with Gasteiger partial charge in [-0.2, -0.15) is 0 Å². The highest BCUT2D eigenvalue weighted by Crippen LogP contribution is 2.32. The van der Waals surface area contributed by atoms with Gasteiger partial charge < -0.3 is 19.5 Å². The minimum Gasteiger partial charge on any atom is -0.493 e. The molecule has 0 saturated carbocycles. The molecular formula is C22H29FN2O3. The van der Waals surface area contributed by atoms with Crippen LogP contribution in [-0.2, 0) is 11.3 Å². The Morgan fingerprint density at radius 3 is 2.50 bits per heavy atom. The van der Waals surface area contributed by atoms with Gasteiger partial charge in [-0.3, -0.25) is 4.90 Å². The monoisotopic (exact) mass is 388 g/mol.